The summed E-state index contributed by atoms with van der Waals surface area (Å²) in [6, 6.07) is 3.62. The van der Waals surface area contributed by atoms with Crippen molar-refractivity contribution < 1.29 is 8.78 Å². The topological polar surface area (TPSA) is 29.9 Å². The average Bonchev–Trinajstić information content (AvgIpc) is 2.76. The second-order valence-electron chi connectivity index (χ2n) is 4.88. The molecular formula is C15H19F2N3. The standard InChI is InChI=1S/C15H19F2N3/c1-4-14-13(9-20(3)19-14)15(18-2)7-10-5-11(16)8-12(17)6-10/h5-6,8-9,15,18H,4,7H2,1-3H3. The maximum atomic E-state index is 13.3. The molecule has 0 aliphatic rings. The quantitative estimate of drug-likeness (QED) is 0.912. The summed E-state index contributed by atoms with van der Waals surface area (Å²) in [4.78, 5) is 0. The van der Waals surface area contributed by atoms with Crippen molar-refractivity contribution in [2.75, 3.05) is 7.05 Å². The van der Waals surface area contributed by atoms with E-state index in [2.05, 4.69) is 10.4 Å². The molecule has 1 N–H and O–H groups in total. The summed E-state index contributed by atoms with van der Waals surface area (Å²) in [5.41, 5.74) is 2.71. The van der Waals surface area contributed by atoms with Gasteiger partial charge in [-0.25, -0.2) is 8.78 Å². The fourth-order valence-electron chi connectivity index (χ4n) is 2.45. The van der Waals surface area contributed by atoms with Gasteiger partial charge in [-0.05, 0) is 37.6 Å². The lowest BCUT2D eigenvalue weighted by atomic mass is 9.98. The normalized spacial score (nSPS) is 12.7. The fourth-order valence-corrected chi connectivity index (χ4v) is 2.45. The zero-order valence-corrected chi connectivity index (χ0v) is 12.0. The molecule has 0 fully saturated rings. The molecule has 3 nitrogen and oxygen atoms in total. The van der Waals surface area contributed by atoms with E-state index in [1.54, 1.807) is 4.68 Å². The van der Waals surface area contributed by atoms with Gasteiger partial charge in [0, 0.05) is 30.9 Å². The van der Waals surface area contributed by atoms with Crippen molar-refractivity contribution in [3.05, 3.63) is 52.9 Å². The van der Waals surface area contributed by atoms with Crippen LogP contribution >= 0.6 is 0 Å². The number of nitrogens with one attached hydrogen (secondary N) is 1. The van der Waals surface area contributed by atoms with Gasteiger partial charge >= 0.3 is 0 Å². The van der Waals surface area contributed by atoms with Crippen LogP contribution in [0.3, 0.4) is 0 Å². The molecule has 1 atom stereocenters. The Morgan fingerprint density at radius 3 is 2.45 bits per heavy atom. The molecule has 20 heavy (non-hydrogen) atoms. The van der Waals surface area contributed by atoms with E-state index in [4.69, 9.17) is 0 Å². The minimum Gasteiger partial charge on any atom is -0.313 e. The highest BCUT2D eigenvalue weighted by atomic mass is 19.1. The van der Waals surface area contributed by atoms with Crippen LogP contribution in [0.15, 0.2) is 24.4 Å². The number of benzene rings is 1. The van der Waals surface area contributed by atoms with Gasteiger partial charge < -0.3 is 5.32 Å². The third kappa shape index (κ3) is 3.22. The van der Waals surface area contributed by atoms with Gasteiger partial charge in [-0.15, -0.1) is 0 Å². The molecule has 0 aliphatic heterocycles. The fraction of sp³-hybridized carbons (Fsp3) is 0.400. The van der Waals surface area contributed by atoms with E-state index in [9.17, 15) is 8.78 Å². The maximum Gasteiger partial charge on any atom is 0.126 e. The predicted octanol–water partition coefficient (Wildman–Crippen LogP) is 2.76. The molecule has 0 amide bonds. The number of hydrogen-bond acceptors (Lipinski definition) is 2. The molecule has 0 spiro atoms. The van der Waals surface area contributed by atoms with Crippen molar-refractivity contribution in [1.29, 1.82) is 0 Å². The Balaban J connectivity index is 2.28. The molecule has 0 aliphatic carbocycles. The number of likely N-dealkylation sites (N-methyl/N-ethyl adjacent to an activating group) is 1. The highest BCUT2D eigenvalue weighted by Gasteiger charge is 2.17. The molecule has 1 aromatic heterocycles. The summed E-state index contributed by atoms with van der Waals surface area (Å²) in [7, 11) is 3.71. The first-order valence-electron chi connectivity index (χ1n) is 6.68. The highest BCUT2D eigenvalue weighted by Crippen LogP contribution is 2.22. The first-order chi connectivity index (χ1) is 9.53. The molecule has 1 heterocycles. The van der Waals surface area contributed by atoms with E-state index in [0.29, 0.717) is 12.0 Å². The van der Waals surface area contributed by atoms with Crippen LogP contribution in [0.5, 0.6) is 0 Å². The third-order valence-corrected chi connectivity index (χ3v) is 3.36. The molecule has 1 unspecified atom stereocenters. The van der Waals surface area contributed by atoms with Crippen LogP contribution in [-0.2, 0) is 19.9 Å². The second-order valence-corrected chi connectivity index (χ2v) is 4.88. The lowest BCUT2D eigenvalue weighted by molar-refractivity contribution is 0.560. The lowest BCUT2D eigenvalue weighted by Gasteiger charge is -2.16. The number of rotatable bonds is 5. The summed E-state index contributed by atoms with van der Waals surface area (Å²) in [5.74, 6) is -1.09. The number of aryl methyl sites for hydroxylation is 2. The van der Waals surface area contributed by atoms with E-state index in [1.807, 2.05) is 27.2 Å². The van der Waals surface area contributed by atoms with E-state index in [0.717, 1.165) is 23.7 Å². The van der Waals surface area contributed by atoms with E-state index in [1.165, 1.54) is 12.1 Å². The van der Waals surface area contributed by atoms with Gasteiger partial charge in [0.05, 0.1) is 5.69 Å². The number of halogens is 2. The number of aromatic nitrogens is 2. The van der Waals surface area contributed by atoms with Gasteiger partial charge in [0.25, 0.3) is 0 Å². The average molecular weight is 279 g/mol. The molecule has 0 saturated heterocycles. The zero-order valence-electron chi connectivity index (χ0n) is 12.0. The summed E-state index contributed by atoms with van der Waals surface area (Å²) < 4.78 is 28.3. The number of hydrogen-bond donors (Lipinski definition) is 1. The van der Waals surface area contributed by atoms with Crippen LogP contribution in [0.4, 0.5) is 8.78 Å². The van der Waals surface area contributed by atoms with Gasteiger partial charge in [0.15, 0.2) is 0 Å². The van der Waals surface area contributed by atoms with Crippen LogP contribution in [-0.4, -0.2) is 16.8 Å². The Kier molecular flexibility index (Phi) is 4.49. The minimum atomic E-state index is -0.545. The summed E-state index contributed by atoms with van der Waals surface area (Å²) in [6.07, 6.45) is 3.30. The van der Waals surface area contributed by atoms with Crippen molar-refractivity contribution in [3.8, 4) is 0 Å². The predicted molar refractivity (Wildman–Crippen MR) is 74.4 cm³/mol. The van der Waals surface area contributed by atoms with Crippen molar-refractivity contribution >= 4 is 0 Å². The summed E-state index contributed by atoms with van der Waals surface area (Å²) in [5, 5.41) is 7.60. The van der Waals surface area contributed by atoms with Crippen LogP contribution in [0.25, 0.3) is 0 Å². The van der Waals surface area contributed by atoms with E-state index >= 15 is 0 Å². The van der Waals surface area contributed by atoms with Crippen LogP contribution in [0, 0.1) is 11.6 Å². The van der Waals surface area contributed by atoms with E-state index in [-0.39, 0.29) is 6.04 Å². The molecule has 0 bridgehead atoms. The number of nitrogens with zero attached hydrogens (tertiary/aromatic N) is 2. The Morgan fingerprint density at radius 1 is 1.25 bits per heavy atom. The van der Waals surface area contributed by atoms with Crippen molar-refractivity contribution in [2.24, 2.45) is 7.05 Å². The van der Waals surface area contributed by atoms with Crippen molar-refractivity contribution in [3.63, 3.8) is 0 Å². The Morgan fingerprint density at radius 2 is 1.90 bits per heavy atom. The summed E-state index contributed by atoms with van der Waals surface area (Å²) >= 11 is 0. The van der Waals surface area contributed by atoms with Crippen LogP contribution in [0.2, 0.25) is 0 Å². The second kappa shape index (κ2) is 6.13. The van der Waals surface area contributed by atoms with Crippen molar-refractivity contribution in [2.45, 2.75) is 25.8 Å². The van der Waals surface area contributed by atoms with Crippen LogP contribution in [0.1, 0.15) is 29.8 Å². The minimum absolute atomic E-state index is 0.0140. The smallest absolute Gasteiger partial charge is 0.126 e. The molecule has 0 radical (unpaired) electrons. The molecule has 108 valence electrons. The van der Waals surface area contributed by atoms with E-state index < -0.39 is 11.6 Å². The molecule has 0 saturated carbocycles. The Labute approximate surface area is 117 Å². The molecule has 1 aromatic carbocycles. The summed E-state index contributed by atoms with van der Waals surface area (Å²) in [6.45, 7) is 2.04. The third-order valence-electron chi connectivity index (χ3n) is 3.36. The monoisotopic (exact) mass is 279 g/mol. The lowest BCUT2D eigenvalue weighted by Crippen LogP contribution is -2.19. The van der Waals surface area contributed by atoms with Gasteiger partial charge in [0.2, 0.25) is 0 Å². The Bertz CT molecular complexity index is 573. The van der Waals surface area contributed by atoms with Gasteiger partial charge in [-0.2, -0.15) is 5.10 Å². The van der Waals surface area contributed by atoms with Gasteiger partial charge in [-0.1, -0.05) is 6.92 Å². The molecule has 5 heteroatoms. The van der Waals surface area contributed by atoms with Gasteiger partial charge in [-0.3, -0.25) is 4.68 Å². The zero-order chi connectivity index (χ0) is 14.7. The molecule has 2 rings (SSSR count). The Hall–Kier alpha value is -1.75. The molecular weight excluding hydrogens is 260 g/mol. The first kappa shape index (κ1) is 14.7. The maximum absolute atomic E-state index is 13.3. The van der Waals surface area contributed by atoms with Gasteiger partial charge in [0.1, 0.15) is 11.6 Å². The first-order valence-corrected chi connectivity index (χ1v) is 6.68. The highest BCUT2D eigenvalue weighted by molar-refractivity contribution is 5.26. The molecule has 2 aromatic rings. The van der Waals surface area contributed by atoms with Crippen molar-refractivity contribution in [1.82, 2.24) is 15.1 Å². The van der Waals surface area contributed by atoms with Crippen LogP contribution < -0.4 is 5.32 Å². The largest absolute Gasteiger partial charge is 0.313 e. The SMILES string of the molecule is CCc1nn(C)cc1C(Cc1cc(F)cc(F)c1)NC.